The van der Waals surface area contributed by atoms with E-state index in [1.54, 1.807) is 0 Å². The Kier molecular flexibility index (Phi) is 810. The summed E-state index contributed by atoms with van der Waals surface area (Å²) < 4.78 is 9.43. The quantitative estimate of drug-likeness (QED) is 0.277. The van der Waals surface area contributed by atoms with Crippen molar-refractivity contribution < 1.29 is 90.0 Å². The first kappa shape index (κ1) is 195. The Morgan fingerprint density at radius 2 is 0.591 bits per heavy atom. The molecular formula is CH30Na3O17P. The molecule has 0 unspecified atom stereocenters. The standard InChI is InChI=1S/CH3O5P.3Na.12H2O.3H/c2-1(3)7(4,5)6;;;;;;;;;;;;;;;;;;/h(H,2,3)(H2,4,5,6);;;;12*1H2;;;. The number of carboxylic acid groups (broad SMARTS) is 1. The maximum absolute atomic E-state index is 9.43. The summed E-state index contributed by atoms with van der Waals surface area (Å²) in [6, 6.07) is 0. The Morgan fingerprint density at radius 1 is 0.545 bits per heavy atom. The van der Waals surface area contributed by atoms with Gasteiger partial charge in [-0.3, -0.25) is 0 Å². The van der Waals surface area contributed by atoms with Gasteiger partial charge in [0.15, 0.2) is 0 Å². The van der Waals surface area contributed by atoms with Crippen molar-refractivity contribution in [1.82, 2.24) is 0 Å². The molecule has 144 valence electrons. The van der Waals surface area contributed by atoms with Crippen LogP contribution in [0.1, 0.15) is 0 Å². The number of carbonyl (C=O) groups is 1. The molecular weight excluding hydrogens is 384 g/mol. The average Bonchev–Trinajstić information content (AvgIpc) is 1.31. The van der Waals surface area contributed by atoms with Gasteiger partial charge < -0.3 is 80.6 Å². The van der Waals surface area contributed by atoms with Crippen molar-refractivity contribution in [3.8, 4) is 0 Å². The summed E-state index contributed by atoms with van der Waals surface area (Å²) in [6.07, 6.45) is 0. The van der Waals surface area contributed by atoms with Crippen LogP contribution >= 0.6 is 7.60 Å². The molecule has 21 heteroatoms. The van der Waals surface area contributed by atoms with Crippen LogP contribution in [0, 0.1) is 0 Å². The normalized spacial score (nSPS) is 3.55. The molecule has 22 heavy (non-hydrogen) atoms. The van der Waals surface area contributed by atoms with E-state index in [1.165, 1.54) is 0 Å². The molecule has 0 spiro atoms. The van der Waals surface area contributed by atoms with Gasteiger partial charge in [-0.2, -0.15) is 0 Å². The second-order valence-corrected chi connectivity index (χ2v) is 2.30. The molecule has 0 aromatic carbocycles. The molecule has 0 amide bonds. The van der Waals surface area contributed by atoms with Crippen molar-refractivity contribution in [2.75, 3.05) is 0 Å². The van der Waals surface area contributed by atoms with Crippen molar-refractivity contribution in [3.05, 3.63) is 0 Å². The van der Waals surface area contributed by atoms with Crippen molar-refractivity contribution in [2.45, 2.75) is 0 Å². The molecule has 0 fully saturated rings. The van der Waals surface area contributed by atoms with Crippen LogP contribution in [-0.2, 0) is 4.57 Å². The number of rotatable bonds is 1. The fraction of sp³-hybridized carbons (Fsp3) is 0. The topological polar surface area (TPSA) is 473 Å². The van der Waals surface area contributed by atoms with Crippen LogP contribution in [0.15, 0.2) is 0 Å². The number of hydrogen-bond donors (Lipinski definition) is 3. The molecule has 0 saturated heterocycles. The van der Waals surface area contributed by atoms with E-state index in [2.05, 4.69) is 0 Å². The second-order valence-electron chi connectivity index (χ2n) is 0.827. The van der Waals surface area contributed by atoms with E-state index in [9.17, 15) is 9.36 Å². The predicted octanol–water partition coefficient (Wildman–Crippen LogP) is -12.0. The molecule has 0 aliphatic carbocycles. The van der Waals surface area contributed by atoms with Crippen molar-refractivity contribution in [1.29, 1.82) is 0 Å². The van der Waals surface area contributed by atoms with Gasteiger partial charge in [0.05, 0.1) is 0 Å². The summed E-state index contributed by atoms with van der Waals surface area (Å²) in [5.74, 6) is 0. The zero-order valence-corrected chi connectivity index (χ0v) is 10.00. The predicted molar refractivity (Wildman–Crippen MR) is 84.9 cm³/mol. The summed E-state index contributed by atoms with van der Waals surface area (Å²) in [5.41, 5.74) is -2.09. The third kappa shape index (κ3) is 149. The van der Waals surface area contributed by atoms with Gasteiger partial charge in [-0.25, -0.2) is 9.36 Å². The summed E-state index contributed by atoms with van der Waals surface area (Å²) in [7, 11) is -4.82. The Morgan fingerprint density at radius 3 is 0.591 bits per heavy atom. The Labute approximate surface area is 190 Å². The first-order valence-corrected chi connectivity index (χ1v) is 2.85. The number of hydrogen-bond acceptors (Lipinski definition) is 2. The van der Waals surface area contributed by atoms with Crippen LogP contribution in [0.25, 0.3) is 0 Å². The zero-order valence-electron chi connectivity index (χ0n) is 9.11. The monoisotopic (exact) mass is 414 g/mol. The summed E-state index contributed by atoms with van der Waals surface area (Å²) in [6.45, 7) is 0. The minimum atomic E-state index is -4.82. The molecule has 0 saturated carbocycles. The first-order valence-electron chi connectivity index (χ1n) is 1.23. The van der Waals surface area contributed by atoms with Crippen LogP contribution in [0.3, 0.4) is 0 Å². The van der Waals surface area contributed by atoms with Gasteiger partial charge in [0.2, 0.25) is 0 Å². The molecule has 0 rings (SSSR count). The molecule has 17 nitrogen and oxygen atoms in total. The van der Waals surface area contributed by atoms with E-state index in [4.69, 9.17) is 14.9 Å². The minimum absolute atomic E-state index is 0. The van der Waals surface area contributed by atoms with Gasteiger partial charge in [-0.05, 0) is 0 Å². The average molecular weight is 414 g/mol. The van der Waals surface area contributed by atoms with E-state index < -0.39 is 13.3 Å². The Hall–Kier alpha value is 2.14. The maximum atomic E-state index is 9.43. The van der Waals surface area contributed by atoms with Crippen molar-refractivity contribution in [3.63, 3.8) is 0 Å². The van der Waals surface area contributed by atoms with Gasteiger partial charge in [0, 0.05) is 0 Å². The molecule has 0 aliphatic heterocycles. The first-order chi connectivity index (χ1) is 2.94. The molecule has 0 atom stereocenters. The van der Waals surface area contributed by atoms with Gasteiger partial charge in [-0.15, -0.1) is 0 Å². The van der Waals surface area contributed by atoms with Gasteiger partial charge in [0.1, 0.15) is 0 Å². The molecule has 0 heterocycles. The van der Waals surface area contributed by atoms with Gasteiger partial charge in [0.25, 0.3) is 0 Å². The van der Waals surface area contributed by atoms with E-state index in [0.717, 1.165) is 0 Å². The second kappa shape index (κ2) is 91.4. The zero-order chi connectivity index (χ0) is 6.08. The molecule has 0 aliphatic rings. The Bertz CT molecular complexity index is 136. The van der Waals surface area contributed by atoms with Crippen LogP contribution in [-0.4, -0.2) is 175 Å². The molecule has 27 N–H and O–H groups in total. The van der Waals surface area contributed by atoms with Crippen LogP contribution < -0.4 is 0 Å². The third-order valence-corrected chi connectivity index (χ3v) is 0.748. The molecule has 0 radical (unpaired) electrons. The SMILES string of the molecule is O.O.O.O.O.O.O.O.O.O.O.O.O=C(O)P(=O)(O)O.[NaH].[NaH].[NaH]. The van der Waals surface area contributed by atoms with E-state index >= 15 is 0 Å². The van der Waals surface area contributed by atoms with Gasteiger partial charge >= 0.3 is 102 Å². The van der Waals surface area contributed by atoms with Crippen molar-refractivity contribution >= 4 is 102 Å². The molecule has 0 aromatic heterocycles. The van der Waals surface area contributed by atoms with Gasteiger partial charge in [-0.1, -0.05) is 0 Å². The third-order valence-electron chi connectivity index (χ3n) is 0.249. The van der Waals surface area contributed by atoms with Crippen LogP contribution in [0.2, 0.25) is 0 Å². The van der Waals surface area contributed by atoms with E-state index in [1.807, 2.05) is 0 Å². The summed E-state index contributed by atoms with van der Waals surface area (Å²) in [4.78, 5) is 24.5. The summed E-state index contributed by atoms with van der Waals surface area (Å²) >= 11 is 0. The fourth-order valence-electron chi connectivity index (χ4n) is 0. The molecule has 0 bridgehead atoms. The van der Waals surface area contributed by atoms with Crippen molar-refractivity contribution in [2.24, 2.45) is 0 Å². The fourth-order valence-corrected chi connectivity index (χ4v) is 0. The Balaban J connectivity index is -0.00000000171. The molecule has 0 aromatic rings. The van der Waals surface area contributed by atoms with Crippen LogP contribution in [0.4, 0.5) is 4.79 Å². The van der Waals surface area contributed by atoms with E-state index in [-0.39, 0.29) is 154 Å². The van der Waals surface area contributed by atoms with E-state index in [0.29, 0.717) is 0 Å². The van der Waals surface area contributed by atoms with Crippen LogP contribution in [0.5, 0.6) is 0 Å². The summed E-state index contributed by atoms with van der Waals surface area (Å²) in [5, 5.41) is 7.49.